The molecule has 0 aromatic carbocycles. The first kappa shape index (κ1) is 13.7. The standard InChI is InChI=1S/C16H20N4O/c21-15-6-4-13(18-12-15)10-17-14-5-7-16(19-11-14)20-8-2-1-3-9-20/h4-7,11-12,17,21H,1-3,8-10H2. The lowest BCUT2D eigenvalue weighted by molar-refractivity contribution is 0.472. The minimum absolute atomic E-state index is 0.186. The van der Waals surface area contributed by atoms with Crippen LogP contribution in [-0.2, 0) is 6.54 Å². The molecule has 1 aliphatic heterocycles. The third-order valence-corrected chi connectivity index (χ3v) is 3.71. The van der Waals surface area contributed by atoms with Crippen molar-refractivity contribution in [2.24, 2.45) is 0 Å². The first-order chi connectivity index (χ1) is 10.3. The molecule has 2 aromatic rings. The molecule has 2 aromatic heterocycles. The molecule has 3 rings (SSSR count). The number of hydrogen-bond donors (Lipinski definition) is 2. The summed E-state index contributed by atoms with van der Waals surface area (Å²) in [5.74, 6) is 1.24. The number of nitrogens with zero attached hydrogens (tertiary/aromatic N) is 3. The maximum atomic E-state index is 9.20. The van der Waals surface area contributed by atoms with Gasteiger partial charge < -0.3 is 15.3 Å². The Bertz CT molecular complexity index is 562. The van der Waals surface area contributed by atoms with Crippen molar-refractivity contribution in [3.8, 4) is 5.75 Å². The van der Waals surface area contributed by atoms with Crippen molar-refractivity contribution in [2.75, 3.05) is 23.3 Å². The van der Waals surface area contributed by atoms with Gasteiger partial charge in [0.15, 0.2) is 0 Å². The topological polar surface area (TPSA) is 61.3 Å². The lowest BCUT2D eigenvalue weighted by atomic mass is 10.1. The molecule has 2 N–H and O–H groups in total. The SMILES string of the molecule is Oc1ccc(CNc2ccc(N3CCCCC3)nc2)nc1. The summed E-state index contributed by atoms with van der Waals surface area (Å²) >= 11 is 0. The molecule has 21 heavy (non-hydrogen) atoms. The lowest BCUT2D eigenvalue weighted by Crippen LogP contribution is -2.30. The Balaban J connectivity index is 1.57. The summed E-state index contributed by atoms with van der Waals surface area (Å²) in [6.45, 7) is 2.83. The van der Waals surface area contributed by atoms with Crippen LogP contribution in [0.1, 0.15) is 25.0 Å². The predicted octanol–water partition coefficient (Wildman–Crippen LogP) is 2.78. The fourth-order valence-corrected chi connectivity index (χ4v) is 2.51. The molecule has 0 spiro atoms. The van der Waals surface area contributed by atoms with Crippen LogP contribution in [0.4, 0.5) is 11.5 Å². The molecular formula is C16H20N4O. The van der Waals surface area contributed by atoms with Crippen LogP contribution in [0.5, 0.6) is 5.75 Å². The van der Waals surface area contributed by atoms with Crippen molar-refractivity contribution in [1.82, 2.24) is 9.97 Å². The van der Waals surface area contributed by atoms with Crippen LogP contribution in [0.25, 0.3) is 0 Å². The molecule has 1 fully saturated rings. The normalized spacial score (nSPS) is 15.0. The number of aromatic hydroxyl groups is 1. The van der Waals surface area contributed by atoms with E-state index < -0.39 is 0 Å². The molecule has 0 aliphatic carbocycles. The molecule has 110 valence electrons. The molecular weight excluding hydrogens is 264 g/mol. The largest absolute Gasteiger partial charge is 0.506 e. The quantitative estimate of drug-likeness (QED) is 0.904. The Labute approximate surface area is 124 Å². The van der Waals surface area contributed by atoms with Crippen LogP contribution in [0, 0.1) is 0 Å². The van der Waals surface area contributed by atoms with Crippen LogP contribution >= 0.6 is 0 Å². The molecule has 1 aliphatic rings. The van der Waals surface area contributed by atoms with Crippen LogP contribution in [0.2, 0.25) is 0 Å². The zero-order chi connectivity index (χ0) is 14.5. The summed E-state index contributed by atoms with van der Waals surface area (Å²) in [6, 6.07) is 7.56. The Hall–Kier alpha value is -2.30. The van der Waals surface area contributed by atoms with Crippen LogP contribution in [-0.4, -0.2) is 28.2 Å². The van der Waals surface area contributed by atoms with Crippen molar-refractivity contribution in [3.63, 3.8) is 0 Å². The van der Waals surface area contributed by atoms with Crippen LogP contribution in [0.3, 0.4) is 0 Å². The average molecular weight is 284 g/mol. The second kappa shape index (κ2) is 6.43. The summed E-state index contributed by atoms with van der Waals surface area (Å²) in [7, 11) is 0. The van der Waals surface area contributed by atoms with Gasteiger partial charge in [-0.3, -0.25) is 4.98 Å². The monoisotopic (exact) mass is 284 g/mol. The maximum Gasteiger partial charge on any atom is 0.133 e. The number of nitrogens with one attached hydrogen (secondary N) is 1. The first-order valence-corrected chi connectivity index (χ1v) is 7.40. The van der Waals surface area contributed by atoms with E-state index in [0.717, 1.165) is 30.3 Å². The summed E-state index contributed by atoms with van der Waals surface area (Å²) in [6.07, 6.45) is 7.16. The van der Waals surface area contributed by atoms with Gasteiger partial charge in [-0.25, -0.2) is 4.98 Å². The molecule has 0 unspecified atom stereocenters. The number of rotatable bonds is 4. The molecule has 0 saturated carbocycles. The van der Waals surface area contributed by atoms with E-state index in [2.05, 4.69) is 32.3 Å². The summed E-state index contributed by atoms with van der Waals surface area (Å²) in [4.78, 5) is 11.0. The van der Waals surface area contributed by atoms with E-state index >= 15 is 0 Å². The molecule has 5 nitrogen and oxygen atoms in total. The third kappa shape index (κ3) is 3.62. The van der Waals surface area contributed by atoms with Crippen LogP contribution < -0.4 is 10.2 Å². The summed E-state index contributed by atoms with van der Waals surface area (Å²) in [5.41, 5.74) is 1.86. The van der Waals surface area contributed by atoms with E-state index in [-0.39, 0.29) is 5.75 Å². The number of piperidine rings is 1. The van der Waals surface area contributed by atoms with Gasteiger partial charge in [0.25, 0.3) is 0 Å². The van der Waals surface area contributed by atoms with Crippen molar-refractivity contribution < 1.29 is 5.11 Å². The van der Waals surface area contributed by atoms with Crippen molar-refractivity contribution >= 4 is 11.5 Å². The fraction of sp³-hybridized carbons (Fsp3) is 0.375. The highest BCUT2D eigenvalue weighted by molar-refractivity contribution is 5.48. The van der Waals surface area contributed by atoms with Gasteiger partial charge in [0.2, 0.25) is 0 Å². The highest BCUT2D eigenvalue weighted by atomic mass is 16.3. The Morgan fingerprint density at radius 2 is 1.86 bits per heavy atom. The fourth-order valence-electron chi connectivity index (χ4n) is 2.51. The van der Waals surface area contributed by atoms with Gasteiger partial charge in [0.1, 0.15) is 11.6 Å². The minimum atomic E-state index is 0.186. The van der Waals surface area contributed by atoms with Gasteiger partial charge in [-0.15, -0.1) is 0 Å². The van der Waals surface area contributed by atoms with E-state index in [1.54, 1.807) is 12.1 Å². The number of hydrogen-bond acceptors (Lipinski definition) is 5. The molecule has 0 atom stereocenters. The smallest absolute Gasteiger partial charge is 0.133 e. The van der Waals surface area contributed by atoms with Gasteiger partial charge in [0, 0.05) is 13.1 Å². The van der Waals surface area contributed by atoms with Gasteiger partial charge in [0.05, 0.1) is 30.3 Å². The van der Waals surface area contributed by atoms with Crippen molar-refractivity contribution in [2.45, 2.75) is 25.8 Å². The second-order valence-electron chi connectivity index (χ2n) is 5.31. The average Bonchev–Trinajstić information content (AvgIpc) is 2.56. The van der Waals surface area contributed by atoms with Crippen LogP contribution in [0.15, 0.2) is 36.7 Å². The van der Waals surface area contributed by atoms with E-state index in [1.807, 2.05) is 6.20 Å². The van der Waals surface area contributed by atoms with Crippen molar-refractivity contribution in [3.05, 3.63) is 42.4 Å². The number of anilines is 2. The first-order valence-electron chi connectivity index (χ1n) is 7.40. The molecule has 1 saturated heterocycles. The zero-order valence-electron chi connectivity index (χ0n) is 12.0. The van der Waals surface area contributed by atoms with E-state index in [0.29, 0.717) is 6.54 Å². The molecule has 0 radical (unpaired) electrons. The highest BCUT2D eigenvalue weighted by Gasteiger charge is 2.11. The Morgan fingerprint density at radius 3 is 2.52 bits per heavy atom. The van der Waals surface area contributed by atoms with Gasteiger partial charge in [-0.1, -0.05) is 0 Å². The number of aromatic nitrogens is 2. The molecule has 0 bridgehead atoms. The van der Waals surface area contributed by atoms with E-state index in [1.165, 1.54) is 25.5 Å². The predicted molar refractivity (Wildman–Crippen MR) is 83.5 cm³/mol. The van der Waals surface area contributed by atoms with Crippen molar-refractivity contribution in [1.29, 1.82) is 0 Å². The zero-order valence-corrected chi connectivity index (χ0v) is 12.0. The minimum Gasteiger partial charge on any atom is -0.506 e. The van der Waals surface area contributed by atoms with E-state index in [4.69, 9.17) is 0 Å². The summed E-state index contributed by atoms with van der Waals surface area (Å²) < 4.78 is 0. The third-order valence-electron chi connectivity index (χ3n) is 3.71. The molecule has 5 heteroatoms. The summed E-state index contributed by atoms with van der Waals surface area (Å²) in [5, 5.41) is 12.5. The maximum absolute atomic E-state index is 9.20. The highest BCUT2D eigenvalue weighted by Crippen LogP contribution is 2.19. The van der Waals surface area contributed by atoms with Gasteiger partial charge in [-0.2, -0.15) is 0 Å². The van der Waals surface area contributed by atoms with Gasteiger partial charge in [-0.05, 0) is 43.5 Å². The molecule has 3 heterocycles. The Morgan fingerprint density at radius 1 is 1.00 bits per heavy atom. The van der Waals surface area contributed by atoms with Gasteiger partial charge >= 0.3 is 0 Å². The molecule has 0 amide bonds. The van der Waals surface area contributed by atoms with E-state index in [9.17, 15) is 5.11 Å². The lowest BCUT2D eigenvalue weighted by Gasteiger charge is -2.27. The number of pyridine rings is 2. The second-order valence-corrected chi connectivity index (χ2v) is 5.31. The Kier molecular flexibility index (Phi) is 4.19.